The van der Waals surface area contributed by atoms with Gasteiger partial charge in [-0.1, -0.05) is 18.2 Å². The number of pyridine rings is 1. The van der Waals surface area contributed by atoms with Gasteiger partial charge in [-0.2, -0.15) is 0 Å². The largest absolute Gasteiger partial charge is 0.487 e. The molecule has 0 saturated carbocycles. The average Bonchev–Trinajstić information content (AvgIpc) is 2.84. The number of carbonyl (C=O) groups is 1. The van der Waals surface area contributed by atoms with Gasteiger partial charge in [-0.25, -0.2) is 4.98 Å². The number of hydrogen-bond donors (Lipinski definition) is 0. The summed E-state index contributed by atoms with van der Waals surface area (Å²) in [5.41, 5.74) is 0.851. The first-order valence-electron chi connectivity index (χ1n) is 11.8. The highest BCUT2D eigenvalue weighted by atomic mass is 16.5. The number of rotatable bonds is 3. The van der Waals surface area contributed by atoms with Gasteiger partial charge in [-0.15, -0.1) is 0 Å². The highest BCUT2D eigenvalue weighted by molar-refractivity contribution is 5.78. The summed E-state index contributed by atoms with van der Waals surface area (Å²) in [4.78, 5) is 24.3. The van der Waals surface area contributed by atoms with Crippen LogP contribution in [-0.4, -0.2) is 90.7 Å². The fraction of sp³-hybridized carbons (Fsp3) is 0.520. The van der Waals surface area contributed by atoms with E-state index in [1.165, 1.54) is 0 Å². The molecule has 1 saturated heterocycles. The van der Waals surface area contributed by atoms with Gasteiger partial charge in [0.2, 0.25) is 11.8 Å². The van der Waals surface area contributed by atoms with Crippen LogP contribution >= 0.6 is 0 Å². The lowest BCUT2D eigenvalue weighted by Gasteiger charge is -2.37. The molecule has 1 aromatic heterocycles. The molecule has 0 unspecified atom stereocenters. The van der Waals surface area contributed by atoms with E-state index >= 15 is 0 Å². The number of para-hydroxylation sites is 2. The molecule has 1 amide bonds. The van der Waals surface area contributed by atoms with Crippen molar-refractivity contribution in [3.8, 4) is 17.4 Å². The molecular weight excluding hydrogens is 420 g/mol. The van der Waals surface area contributed by atoms with Crippen LogP contribution in [0.15, 0.2) is 42.6 Å². The molecule has 2 aliphatic heterocycles. The van der Waals surface area contributed by atoms with E-state index in [2.05, 4.69) is 28.6 Å². The third kappa shape index (κ3) is 6.43. The van der Waals surface area contributed by atoms with Crippen molar-refractivity contribution in [2.24, 2.45) is 0 Å². The molecular formula is C25H34N4O4. The second kappa shape index (κ2) is 11.4. The maximum atomic E-state index is 13.3. The molecule has 0 radical (unpaired) electrons. The minimum atomic E-state index is 0.0953. The monoisotopic (exact) mass is 454 g/mol. The van der Waals surface area contributed by atoms with Crippen molar-refractivity contribution in [2.75, 3.05) is 59.1 Å². The van der Waals surface area contributed by atoms with E-state index in [-0.39, 0.29) is 5.91 Å². The minimum Gasteiger partial charge on any atom is -0.487 e. The standard InChI is InChI=1S/C25H34N4O4/c1-20(2)28-12-10-27(11-13-28)19-24(30)29-14-15-31-16-17-32-22-7-3-4-8-23(22)33-25-21(18-29)6-5-9-26-25/h3-9,20H,10-19H2,1-2H3. The molecule has 178 valence electrons. The summed E-state index contributed by atoms with van der Waals surface area (Å²) < 4.78 is 17.7. The van der Waals surface area contributed by atoms with Crippen LogP contribution in [0.4, 0.5) is 0 Å². The lowest BCUT2D eigenvalue weighted by molar-refractivity contribution is -0.134. The Morgan fingerprint density at radius 2 is 1.76 bits per heavy atom. The summed E-state index contributed by atoms with van der Waals surface area (Å²) in [6.07, 6.45) is 1.70. The van der Waals surface area contributed by atoms with Crippen LogP contribution in [0.1, 0.15) is 19.4 Å². The molecule has 1 aromatic carbocycles. The molecule has 0 atom stereocenters. The fourth-order valence-electron chi connectivity index (χ4n) is 4.11. The highest BCUT2D eigenvalue weighted by Gasteiger charge is 2.24. The van der Waals surface area contributed by atoms with Crippen LogP contribution in [0, 0.1) is 0 Å². The lowest BCUT2D eigenvalue weighted by Crippen LogP contribution is -2.51. The Kier molecular flexibility index (Phi) is 8.15. The van der Waals surface area contributed by atoms with Gasteiger partial charge in [0.1, 0.15) is 6.61 Å². The molecule has 33 heavy (non-hydrogen) atoms. The molecule has 0 spiro atoms. The number of fused-ring (bicyclic) bond motifs is 2. The van der Waals surface area contributed by atoms with Crippen molar-refractivity contribution in [3.63, 3.8) is 0 Å². The molecule has 4 rings (SSSR count). The number of nitrogens with zero attached hydrogens (tertiary/aromatic N) is 4. The molecule has 0 bridgehead atoms. The number of amides is 1. The van der Waals surface area contributed by atoms with Gasteiger partial charge in [0, 0.05) is 50.5 Å². The third-order valence-corrected chi connectivity index (χ3v) is 6.11. The summed E-state index contributed by atoms with van der Waals surface area (Å²) in [5.74, 6) is 1.82. The van der Waals surface area contributed by atoms with Crippen LogP contribution in [-0.2, 0) is 16.1 Å². The first-order chi connectivity index (χ1) is 16.1. The molecule has 0 aliphatic carbocycles. The summed E-state index contributed by atoms with van der Waals surface area (Å²) >= 11 is 0. The zero-order valence-corrected chi connectivity index (χ0v) is 19.6. The van der Waals surface area contributed by atoms with E-state index in [0.717, 1.165) is 31.7 Å². The maximum Gasteiger partial charge on any atom is 0.237 e. The van der Waals surface area contributed by atoms with E-state index in [0.29, 0.717) is 62.9 Å². The zero-order chi connectivity index (χ0) is 23.0. The van der Waals surface area contributed by atoms with Gasteiger partial charge < -0.3 is 19.1 Å². The van der Waals surface area contributed by atoms with Crippen molar-refractivity contribution >= 4 is 5.91 Å². The minimum absolute atomic E-state index is 0.0953. The number of hydrogen-bond acceptors (Lipinski definition) is 7. The van der Waals surface area contributed by atoms with Gasteiger partial charge >= 0.3 is 0 Å². The smallest absolute Gasteiger partial charge is 0.237 e. The first-order valence-corrected chi connectivity index (χ1v) is 11.8. The quantitative estimate of drug-likeness (QED) is 0.706. The molecule has 8 nitrogen and oxygen atoms in total. The normalized spacial score (nSPS) is 18.7. The predicted octanol–water partition coefficient (Wildman–Crippen LogP) is 2.64. The van der Waals surface area contributed by atoms with Crippen molar-refractivity contribution in [3.05, 3.63) is 48.2 Å². The number of piperazine rings is 1. The number of benzene rings is 1. The molecule has 0 N–H and O–H groups in total. The van der Waals surface area contributed by atoms with Crippen molar-refractivity contribution in [1.29, 1.82) is 0 Å². The van der Waals surface area contributed by atoms with Crippen LogP contribution in [0.25, 0.3) is 0 Å². The Morgan fingerprint density at radius 3 is 2.55 bits per heavy atom. The molecule has 1 fully saturated rings. The summed E-state index contributed by atoms with van der Waals surface area (Å²) in [7, 11) is 0. The fourth-order valence-corrected chi connectivity index (χ4v) is 4.11. The topological polar surface area (TPSA) is 67.4 Å². The first kappa shape index (κ1) is 23.5. The van der Waals surface area contributed by atoms with E-state index in [4.69, 9.17) is 14.2 Å². The number of carbonyl (C=O) groups excluding carboxylic acids is 1. The van der Waals surface area contributed by atoms with Crippen molar-refractivity contribution in [2.45, 2.75) is 26.4 Å². The molecule has 2 aliphatic rings. The van der Waals surface area contributed by atoms with Gasteiger partial charge in [0.25, 0.3) is 0 Å². The predicted molar refractivity (Wildman–Crippen MR) is 126 cm³/mol. The van der Waals surface area contributed by atoms with Crippen LogP contribution in [0.3, 0.4) is 0 Å². The van der Waals surface area contributed by atoms with E-state index in [9.17, 15) is 4.79 Å². The maximum absolute atomic E-state index is 13.3. The Hall–Kier alpha value is -2.68. The van der Waals surface area contributed by atoms with Gasteiger partial charge in [0.05, 0.1) is 26.3 Å². The Balaban J connectivity index is 1.48. The van der Waals surface area contributed by atoms with Gasteiger partial charge in [0.15, 0.2) is 11.5 Å². The summed E-state index contributed by atoms with van der Waals surface area (Å²) in [5, 5.41) is 0. The average molecular weight is 455 g/mol. The molecule has 3 heterocycles. The van der Waals surface area contributed by atoms with Gasteiger partial charge in [-0.3, -0.25) is 14.6 Å². The van der Waals surface area contributed by atoms with E-state index in [1.807, 2.05) is 41.3 Å². The van der Waals surface area contributed by atoms with Gasteiger partial charge in [-0.05, 0) is 32.0 Å². The summed E-state index contributed by atoms with van der Waals surface area (Å²) in [6, 6.07) is 11.9. The molecule has 2 aromatic rings. The lowest BCUT2D eigenvalue weighted by atomic mass is 10.2. The van der Waals surface area contributed by atoms with Crippen LogP contribution in [0.5, 0.6) is 17.4 Å². The van der Waals surface area contributed by atoms with E-state index in [1.54, 1.807) is 6.20 Å². The third-order valence-electron chi connectivity index (χ3n) is 6.11. The zero-order valence-electron chi connectivity index (χ0n) is 19.6. The van der Waals surface area contributed by atoms with E-state index < -0.39 is 0 Å². The SMILES string of the molecule is CC(C)N1CCN(CC(=O)N2CCOCCOc3ccccc3Oc3ncccc3C2)CC1. The Bertz CT molecular complexity index is 915. The number of aromatic nitrogens is 1. The Morgan fingerprint density at radius 1 is 0.970 bits per heavy atom. The second-order valence-electron chi connectivity index (χ2n) is 8.70. The Labute approximate surface area is 196 Å². The highest BCUT2D eigenvalue weighted by Crippen LogP contribution is 2.32. The second-order valence-corrected chi connectivity index (χ2v) is 8.70. The molecule has 8 heteroatoms. The van der Waals surface area contributed by atoms with Crippen LogP contribution < -0.4 is 9.47 Å². The van der Waals surface area contributed by atoms with Crippen LogP contribution in [0.2, 0.25) is 0 Å². The number of ether oxygens (including phenoxy) is 3. The summed E-state index contributed by atoms with van der Waals surface area (Å²) in [6.45, 7) is 10.9. The van der Waals surface area contributed by atoms with Crippen molar-refractivity contribution in [1.82, 2.24) is 19.7 Å². The van der Waals surface area contributed by atoms with Crippen molar-refractivity contribution < 1.29 is 19.0 Å².